The molecule has 2 aromatic heterocycles. The highest BCUT2D eigenvalue weighted by Gasteiger charge is 2.27. The summed E-state index contributed by atoms with van der Waals surface area (Å²) in [6, 6.07) is 30.3. The van der Waals surface area contributed by atoms with Crippen molar-refractivity contribution in [2.75, 3.05) is 0 Å². The molecule has 0 radical (unpaired) electrons. The molecule has 0 bridgehead atoms. The summed E-state index contributed by atoms with van der Waals surface area (Å²) < 4.78 is 7.32. The van der Waals surface area contributed by atoms with Crippen molar-refractivity contribution in [3.63, 3.8) is 0 Å². The number of hydrogen-bond acceptors (Lipinski definition) is 6. The molecule has 0 spiro atoms. The number of hydrogen-bond donors (Lipinski definition) is 2. The van der Waals surface area contributed by atoms with E-state index in [-0.39, 0.29) is 17.8 Å². The molecule has 3 aromatic carbocycles. The normalized spacial score (nSPS) is 11.4. The maximum absolute atomic E-state index is 13.4. The number of ketones is 1. The predicted octanol–water partition coefficient (Wildman–Crippen LogP) is 3.91. The minimum atomic E-state index is -1.18. The molecular formula is C32H27N5O4. The maximum Gasteiger partial charge on any atom is 0.287 e. The van der Waals surface area contributed by atoms with Gasteiger partial charge in [-0.25, -0.2) is 9.67 Å². The van der Waals surface area contributed by atoms with Crippen LogP contribution in [0.4, 0.5) is 0 Å². The van der Waals surface area contributed by atoms with Crippen LogP contribution in [0.1, 0.15) is 21.5 Å². The summed E-state index contributed by atoms with van der Waals surface area (Å²) >= 11 is 0. The zero-order valence-electron chi connectivity index (χ0n) is 22.0. The van der Waals surface area contributed by atoms with Crippen LogP contribution < -0.4 is 15.8 Å². The fourth-order valence-corrected chi connectivity index (χ4v) is 4.28. The number of rotatable bonds is 11. The second-order valence-corrected chi connectivity index (χ2v) is 9.26. The Hall–Kier alpha value is -5.57. The van der Waals surface area contributed by atoms with Crippen LogP contribution in [0.5, 0.6) is 5.75 Å². The van der Waals surface area contributed by atoms with Crippen LogP contribution in [0.15, 0.2) is 116 Å². The molecule has 5 aromatic rings. The van der Waals surface area contributed by atoms with Crippen LogP contribution >= 0.6 is 0 Å². The first-order valence-electron chi connectivity index (χ1n) is 12.9. The number of carbonyl (C=O) groups is 3. The minimum absolute atomic E-state index is 0.0575. The Morgan fingerprint density at radius 1 is 0.829 bits per heavy atom. The number of amides is 2. The summed E-state index contributed by atoms with van der Waals surface area (Å²) in [5, 5.41) is 7.24. The number of benzene rings is 3. The van der Waals surface area contributed by atoms with Gasteiger partial charge in [0.25, 0.3) is 11.8 Å². The van der Waals surface area contributed by atoms with Gasteiger partial charge in [0.15, 0.2) is 5.82 Å². The van der Waals surface area contributed by atoms with Gasteiger partial charge in [-0.05, 0) is 41.5 Å². The van der Waals surface area contributed by atoms with Crippen LogP contribution in [-0.2, 0) is 22.6 Å². The predicted molar refractivity (Wildman–Crippen MR) is 153 cm³/mol. The Balaban J connectivity index is 1.31. The maximum atomic E-state index is 13.4. The Kier molecular flexibility index (Phi) is 8.25. The van der Waals surface area contributed by atoms with Crippen molar-refractivity contribution in [3.05, 3.63) is 132 Å². The van der Waals surface area contributed by atoms with Crippen molar-refractivity contribution < 1.29 is 19.1 Å². The molecule has 0 fully saturated rings. The molecular weight excluding hydrogens is 518 g/mol. The third-order valence-corrected chi connectivity index (χ3v) is 6.38. The number of pyridine rings is 1. The van der Waals surface area contributed by atoms with E-state index in [4.69, 9.17) is 10.5 Å². The van der Waals surface area contributed by atoms with E-state index in [1.807, 2.05) is 66.7 Å². The Labute approximate surface area is 236 Å². The zero-order chi connectivity index (χ0) is 28.6. The number of nitrogens with zero attached hydrogens (tertiary/aromatic N) is 3. The molecule has 0 saturated carbocycles. The van der Waals surface area contributed by atoms with E-state index in [1.54, 1.807) is 48.8 Å². The van der Waals surface area contributed by atoms with Gasteiger partial charge in [-0.2, -0.15) is 5.10 Å². The monoisotopic (exact) mass is 545 g/mol. The van der Waals surface area contributed by atoms with E-state index in [9.17, 15) is 14.4 Å². The van der Waals surface area contributed by atoms with Crippen molar-refractivity contribution in [2.24, 2.45) is 5.73 Å². The number of ether oxygens (including phenoxy) is 1. The summed E-state index contributed by atoms with van der Waals surface area (Å²) in [6.45, 7) is 0.412. The topological polar surface area (TPSA) is 129 Å². The van der Waals surface area contributed by atoms with E-state index in [0.29, 0.717) is 23.6 Å². The van der Waals surface area contributed by atoms with Gasteiger partial charge in [-0.3, -0.25) is 14.4 Å². The average molecular weight is 546 g/mol. The quantitative estimate of drug-likeness (QED) is 0.242. The molecule has 2 heterocycles. The Morgan fingerprint density at radius 3 is 2.24 bits per heavy atom. The van der Waals surface area contributed by atoms with Crippen molar-refractivity contribution >= 4 is 17.6 Å². The number of carbonyl (C=O) groups excluding carboxylic acids is 3. The smallest absolute Gasteiger partial charge is 0.287 e. The third kappa shape index (κ3) is 6.72. The number of Topliss-reactive ketones (excluding diaryl/α,β-unsaturated/α-hetero) is 1. The summed E-state index contributed by atoms with van der Waals surface area (Å²) in [7, 11) is 0. The Morgan fingerprint density at radius 2 is 1.54 bits per heavy atom. The molecule has 2 amide bonds. The molecule has 1 atom stereocenters. The van der Waals surface area contributed by atoms with E-state index >= 15 is 0 Å². The molecule has 5 rings (SSSR count). The van der Waals surface area contributed by atoms with Crippen molar-refractivity contribution in [3.8, 4) is 22.8 Å². The Bertz CT molecular complexity index is 1650. The van der Waals surface area contributed by atoms with Crippen LogP contribution in [0, 0.1) is 0 Å². The van der Waals surface area contributed by atoms with Crippen molar-refractivity contribution in [2.45, 2.75) is 19.1 Å². The first-order valence-corrected chi connectivity index (χ1v) is 12.9. The molecule has 9 heteroatoms. The fraction of sp³-hybridized carbons (Fsp3) is 0.0938. The molecule has 1 unspecified atom stereocenters. The number of nitrogens with one attached hydrogen (secondary N) is 1. The number of nitrogens with two attached hydrogens (primary N) is 1. The molecule has 9 nitrogen and oxygen atoms in total. The minimum Gasteiger partial charge on any atom is -0.489 e. The molecule has 0 saturated heterocycles. The van der Waals surface area contributed by atoms with Gasteiger partial charge < -0.3 is 15.8 Å². The lowest BCUT2D eigenvalue weighted by molar-refractivity contribution is -0.137. The van der Waals surface area contributed by atoms with Crippen LogP contribution in [0.3, 0.4) is 0 Å². The molecule has 41 heavy (non-hydrogen) atoms. The van der Waals surface area contributed by atoms with Gasteiger partial charge in [0.05, 0.1) is 11.3 Å². The van der Waals surface area contributed by atoms with Gasteiger partial charge in [-0.15, -0.1) is 0 Å². The van der Waals surface area contributed by atoms with E-state index in [2.05, 4.69) is 15.4 Å². The molecule has 204 valence electrons. The summed E-state index contributed by atoms with van der Waals surface area (Å²) in [5.74, 6) is -1.71. The highest BCUT2D eigenvalue weighted by molar-refractivity contribution is 6.38. The fourth-order valence-electron chi connectivity index (χ4n) is 4.28. The van der Waals surface area contributed by atoms with Gasteiger partial charge in [-0.1, -0.05) is 72.8 Å². The van der Waals surface area contributed by atoms with Crippen LogP contribution in [0.2, 0.25) is 0 Å². The molecule has 0 aliphatic rings. The summed E-state index contributed by atoms with van der Waals surface area (Å²) in [4.78, 5) is 42.3. The molecule has 3 N–H and O–H groups in total. The summed E-state index contributed by atoms with van der Waals surface area (Å²) in [5.41, 5.74) is 8.87. The molecule has 0 aliphatic carbocycles. The summed E-state index contributed by atoms with van der Waals surface area (Å²) in [6.07, 6.45) is 3.31. The van der Waals surface area contributed by atoms with E-state index in [1.165, 1.54) is 4.68 Å². The lowest BCUT2D eigenvalue weighted by Crippen LogP contribution is -2.47. The SMILES string of the molecule is NC(=O)C(=O)C(Cc1ccc(OCc2ccccc2)cc1)NC(=O)c1cccnc1-n1ccc(-c2ccccc2)n1. The third-order valence-electron chi connectivity index (χ3n) is 6.38. The lowest BCUT2D eigenvalue weighted by Gasteiger charge is -2.17. The van der Waals surface area contributed by atoms with Crippen LogP contribution in [-0.4, -0.2) is 38.4 Å². The number of primary amides is 1. The first kappa shape index (κ1) is 27.0. The van der Waals surface area contributed by atoms with Gasteiger partial charge in [0.2, 0.25) is 5.78 Å². The highest BCUT2D eigenvalue weighted by atomic mass is 16.5. The van der Waals surface area contributed by atoms with Crippen molar-refractivity contribution in [1.82, 2.24) is 20.1 Å². The lowest BCUT2D eigenvalue weighted by atomic mass is 10.0. The van der Waals surface area contributed by atoms with Gasteiger partial charge in [0, 0.05) is 24.4 Å². The molecule has 0 aliphatic heterocycles. The average Bonchev–Trinajstić information content (AvgIpc) is 3.51. The van der Waals surface area contributed by atoms with Gasteiger partial charge in [0.1, 0.15) is 18.4 Å². The second-order valence-electron chi connectivity index (χ2n) is 9.26. The van der Waals surface area contributed by atoms with Gasteiger partial charge >= 0.3 is 0 Å². The number of aromatic nitrogens is 3. The largest absolute Gasteiger partial charge is 0.489 e. The van der Waals surface area contributed by atoms with Crippen molar-refractivity contribution in [1.29, 1.82) is 0 Å². The standard InChI is InChI=1S/C32H27N5O4/c33-30(39)29(38)28(20-22-13-15-25(16-14-22)41-21-23-8-3-1-4-9-23)35-32(40)26-12-7-18-34-31(26)37-19-17-27(36-37)24-10-5-2-6-11-24/h1-19,28H,20-21H2,(H2,33,39)(H,35,40). The zero-order valence-corrected chi connectivity index (χ0v) is 22.0. The first-order chi connectivity index (χ1) is 20.0. The van der Waals surface area contributed by atoms with E-state index < -0.39 is 23.6 Å². The highest BCUT2D eigenvalue weighted by Crippen LogP contribution is 2.20. The van der Waals surface area contributed by atoms with E-state index in [0.717, 1.165) is 11.1 Å². The van der Waals surface area contributed by atoms with Crippen LogP contribution in [0.25, 0.3) is 17.1 Å². The second kappa shape index (κ2) is 12.5.